The Bertz CT molecular complexity index is 932. The van der Waals surface area contributed by atoms with Gasteiger partial charge in [0.25, 0.3) is 5.69 Å². The molecule has 0 spiro atoms. The van der Waals surface area contributed by atoms with Crippen LogP contribution in [0.5, 0.6) is 0 Å². The number of hydrogen-bond acceptors (Lipinski definition) is 3. The molecule has 0 atom stereocenters. The first kappa shape index (κ1) is 15.5. The van der Waals surface area contributed by atoms with Crippen LogP contribution in [0, 0.1) is 10.1 Å². The maximum atomic E-state index is 10.9. The number of aliphatic imine (C=N–C) groups is 1. The molecular formula is C18H16N4O2. The lowest BCUT2D eigenvalue weighted by molar-refractivity contribution is -0.384. The molecule has 0 unspecified atom stereocenters. The van der Waals surface area contributed by atoms with Gasteiger partial charge in [-0.1, -0.05) is 42.5 Å². The second-order valence-electron chi connectivity index (χ2n) is 5.30. The fourth-order valence-electron chi connectivity index (χ4n) is 2.45. The summed E-state index contributed by atoms with van der Waals surface area (Å²) in [6.07, 6.45) is 0. The molecule has 120 valence electrons. The van der Waals surface area contributed by atoms with Crippen LogP contribution in [-0.4, -0.2) is 17.9 Å². The van der Waals surface area contributed by atoms with E-state index in [1.807, 2.05) is 42.5 Å². The van der Waals surface area contributed by atoms with Crippen LogP contribution in [-0.2, 0) is 0 Å². The second-order valence-corrected chi connectivity index (χ2v) is 5.30. The molecule has 3 aromatic carbocycles. The number of hydrogen-bond donors (Lipinski definition) is 1. The zero-order chi connectivity index (χ0) is 17.1. The number of benzene rings is 3. The third kappa shape index (κ3) is 3.03. The predicted molar refractivity (Wildman–Crippen MR) is 96.7 cm³/mol. The van der Waals surface area contributed by atoms with Gasteiger partial charge in [-0.15, -0.1) is 0 Å². The van der Waals surface area contributed by atoms with Gasteiger partial charge in [-0.2, -0.15) is 0 Å². The largest absolute Gasteiger partial charge is 0.369 e. The van der Waals surface area contributed by atoms with Crippen molar-refractivity contribution in [1.82, 2.24) is 0 Å². The number of non-ortho nitro benzene ring substituents is 1. The van der Waals surface area contributed by atoms with Gasteiger partial charge < -0.3 is 10.6 Å². The van der Waals surface area contributed by atoms with Crippen molar-refractivity contribution in [2.75, 3.05) is 11.9 Å². The monoisotopic (exact) mass is 320 g/mol. The van der Waals surface area contributed by atoms with Gasteiger partial charge in [0, 0.05) is 24.6 Å². The van der Waals surface area contributed by atoms with E-state index in [1.54, 1.807) is 24.1 Å². The number of guanidine groups is 1. The average molecular weight is 320 g/mol. The molecule has 0 aliphatic carbocycles. The molecule has 0 saturated heterocycles. The molecule has 3 aromatic rings. The van der Waals surface area contributed by atoms with Crippen LogP contribution in [0.4, 0.5) is 17.1 Å². The summed E-state index contributed by atoms with van der Waals surface area (Å²) < 4.78 is 0. The van der Waals surface area contributed by atoms with E-state index >= 15 is 0 Å². The van der Waals surface area contributed by atoms with Crippen LogP contribution in [0.3, 0.4) is 0 Å². The smallest absolute Gasteiger partial charge is 0.271 e. The summed E-state index contributed by atoms with van der Waals surface area (Å²) in [4.78, 5) is 16.6. The normalized spacial score (nSPS) is 11.5. The van der Waals surface area contributed by atoms with Gasteiger partial charge in [-0.25, -0.2) is 4.99 Å². The lowest BCUT2D eigenvalue weighted by Crippen LogP contribution is -2.33. The van der Waals surface area contributed by atoms with Crippen LogP contribution >= 0.6 is 0 Å². The molecule has 0 aromatic heterocycles. The summed E-state index contributed by atoms with van der Waals surface area (Å²) in [6, 6.07) is 20.0. The van der Waals surface area contributed by atoms with Crippen molar-refractivity contribution in [1.29, 1.82) is 0 Å². The van der Waals surface area contributed by atoms with Crippen LogP contribution < -0.4 is 10.6 Å². The zero-order valence-electron chi connectivity index (χ0n) is 13.1. The third-order valence-corrected chi connectivity index (χ3v) is 3.77. The Morgan fingerprint density at radius 1 is 1.08 bits per heavy atom. The molecule has 6 nitrogen and oxygen atoms in total. The molecule has 6 heteroatoms. The van der Waals surface area contributed by atoms with Crippen LogP contribution in [0.2, 0.25) is 0 Å². The highest BCUT2D eigenvalue weighted by Gasteiger charge is 2.11. The number of nitro groups is 1. The molecule has 0 aliphatic rings. The quantitative estimate of drug-likeness (QED) is 0.344. The van der Waals surface area contributed by atoms with Crippen molar-refractivity contribution in [3.05, 3.63) is 76.8 Å². The van der Waals surface area contributed by atoms with Crippen LogP contribution in [0.15, 0.2) is 71.7 Å². The van der Waals surface area contributed by atoms with Gasteiger partial charge in [-0.3, -0.25) is 10.1 Å². The molecule has 0 radical (unpaired) electrons. The Kier molecular flexibility index (Phi) is 4.11. The molecule has 3 rings (SSSR count). The van der Waals surface area contributed by atoms with E-state index in [0.717, 1.165) is 16.5 Å². The second kappa shape index (κ2) is 6.37. The van der Waals surface area contributed by atoms with Crippen molar-refractivity contribution in [2.45, 2.75) is 0 Å². The Labute approximate surface area is 139 Å². The Hall–Kier alpha value is -3.41. The van der Waals surface area contributed by atoms with Gasteiger partial charge in [0.1, 0.15) is 0 Å². The minimum atomic E-state index is -0.435. The van der Waals surface area contributed by atoms with Gasteiger partial charge in [0.15, 0.2) is 0 Å². The molecule has 0 saturated carbocycles. The van der Waals surface area contributed by atoms with Gasteiger partial charge in [-0.05, 0) is 17.5 Å². The first-order valence-electron chi connectivity index (χ1n) is 7.36. The number of nitrogens with two attached hydrogens (primary N) is 1. The number of nitrogens with zero attached hydrogens (tertiary/aromatic N) is 3. The Morgan fingerprint density at radius 3 is 2.58 bits per heavy atom. The van der Waals surface area contributed by atoms with E-state index in [-0.39, 0.29) is 11.6 Å². The predicted octanol–water partition coefficient (Wildman–Crippen LogP) is 3.83. The van der Waals surface area contributed by atoms with Gasteiger partial charge in [0.2, 0.25) is 5.96 Å². The van der Waals surface area contributed by atoms with E-state index in [9.17, 15) is 10.1 Å². The minimum absolute atomic E-state index is 0.0114. The molecule has 0 bridgehead atoms. The summed E-state index contributed by atoms with van der Waals surface area (Å²) in [5, 5.41) is 13.0. The highest BCUT2D eigenvalue weighted by Crippen LogP contribution is 2.26. The van der Waals surface area contributed by atoms with Gasteiger partial charge in [0.05, 0.1) is 16.3 Å². The topological polar surface area (TPSA) is 84.8 Å². The maximum Gasteiger partial charge on any atom is 0.271 e. The summed E-state index contributed by atoms with van der Waals surface area (Å²) in [5.41, 5.74) is 7.47. The molecular weight excluding hydrogens is 304 g/mol. The van der Waals surface area contributed by atoms with E-state index in [4.69, 9.17) is 5.73 Å². The standard InChI is InChI=1S/C18H16N4O2/c1-21(14-8-5-9-15(12-14)22(23)24)18(19)20-17-11-4-7-13-6-2-3-10-16(13)17/h2-12H,1H3,(H2,19,20). The molecule has 0 amide bonds. The van der Waals surface area contributed by atoms with Crippen molar-refractivity contribution in [3.8, 4) is 0 Å². The van der Waals surface area contributed by atoms with E-state index in [2.05, 4.69) is 4.99 Å². The highest BCUT2D eigenvalue weighted by atomic mass is 16.6. The fourth-order valence-corrected chi connectivity index (χ4v) is 2.45. The fraction of sp³-hybridized carbons (Fsp3) is 0.0556. The Balaban J connectivity index is 1.98. The maximum absolute atomic E-state index is 10.9. The third-order valence-electron chi connectivity index (χ3n) is 3.77. The molecule has 24 heavy (non-hydrogen) atoms. The lowest BCUT2D eigenvalue weighted by atomic mass is 10.1. The molecule has 0 heterocycles. The minimum Gasteiger partial charge on any atom is -0.369 e. The van der Waals surface area contributed by atoms with Crippen molar-refractivity contribution in [2.24, 2.45) is 10.7 Å². The van der Waals surface area contributed by atoms with E-state index in [1.165, 1.54) is 12.1 Å². The SMILES string of the molecule is CN(C(N)=Nc1cccc2ccccc12)c1cccc([N+](=O)[O-])c1. The zero-order valence-corrected chi connectivity index (χ0v) is 13.1. The van der Waals surface area contributed by atoms with Crippen LogP contribution in [0.25, 0.3) is 10.8 Å². The summed E-state index contributed by atoms with van der Waals surface area (Å²) in [7, 11) is 1.73. The van der Waals surface area contributed by atoms with Crippen LogP contribution in [0.1, 0.15) is 0 Å². The summed E-state index contributed by atoms with van der Waals surface area (Å²) in [6.45, 7) is 0. The molecule has 2 N–H and O–H groups in total. The van der Waals surface area contributed by atoms with E-state index < -0.39 is 4.92 Å². The number of nitro benzene ring substituents is 1. The number of anilines is 1. The first-order chi connectivity index (χ1) is 11.6. The summed E-state index contributed by atoms with van der Waals surface area (Å²) in [5.74, 6) is 0.256. The lowest BCUT2D eigenvalue weighted by Gasteiger charge is -2.18. The van der Waals surface area contributed by atoms with Crippen molar-refractivity contribution in [3.63, 3.8) is 0 Å². The number of rotatable bonds is 3. The molecule has 0 fully saturated rings. The van der Waals surface area contributed by atoms with Gasteiger partial charge >= 0.3 is 0 Å². The summed E-state index contributed by atoms with van der Waals surface area (Å²) >= 11 is 0. The first-order valence-corrected chi connectivity index (χ1v) is 7.36. The average Bonchev–Trinajstić information content (AvgIpc) is 2.61. The molecule has 0 aliphatic heterocycles. The van der Waals surface area contributed by atoms with E-state index in [0.29, 0.717) is 5.69 Å². The van der Waals surface area contributed by atoms with Crippen molar-refractivity contribution < 1.29 is 4.92 Å². The number of fused-ring (bicyclic) bond motifs is 1. The Morgan fingerprint density at radius 2 is 1.79 bits per heavy atom. The van der Waals surface area contributed by atoms with Crippen molar-refractivity contribution >= 4 is 33.8 Å². The highest BCUT2D eigenvalue weighted by molar-refractivity contribution is 6.00.